The highest BCUT2D eigenvalue weighted by Gasteiger charge is 2.22. The summed E-state index contributed by atoms with van der Waals surface area (Å²) in [6.07, 6.45) is 0. The summed E-state index contributed by atoms with van der Waals surface area (Å²) < 4.78 is 5.61. The van der Waals surface area contributed by atoms with Gasteiger partial charge in [-0.05, 0) is 52.0 Å². The van der Waals surface area contributed by atoms with Crippen molar-refractivity contribution >= 4 is 34.8 Å². The highest BCUT2D eigenvalue weighted by Crippen LogP contribution is 2.18. The van der Waals surface area contributed by atoms with Gasteiger partial charge in [0, 0.05) is 15.9 Å². The van der Waals surface area contributed by atoms with Gasteiger partial charge in [-0.3, -0.25) is 9.59 Å². The fourth-order valence-corrected chi connectivity index (χ4v) is 2.78. The van der Waals surface area contributed by atoms with E-state index in [9.17, 15) is 9.59 Å². The average molecular weight is 396 g/mol. The topological polar surface area (TPSA) is 80.3 Å². The van der Waals surface area contributed by atoms with E-state index in [1.165, 1.54) is 11.3 Å². The Balaban J connectivity index is 1.88. The number of hydrogen-bond donors (Lipinski definition) is 2. The van der Waals surface area contributed by atoms with Crippen LogP contribution in [0.2, 0.25) is 5.02 Å². The van der Waals surface area contributed by atoms with Crippen molar-refractivity contribution in [3.05, 3.63) is 45.4 Å². The Morgan fingerprint density at radius 1 is 1.27 bits per heavy atom. The number of carbonyl (C=O) groups is 2. The molecule has 8 heteroatoms. The first kappa shape index (κ1) is 20.2. The van der Waals surface area contributed by atoms with Crippen LogP contribution in [0.15, 0.2) is 29.6 Å². The molecule has 2 aromatic rings. The van der Waals surface area contributed by atoms with Crippen LogP contribution in [0.5, 0.6) is 5.75 Å². The zero-order valence-electron chi connectivity index (χ0n) is 15.1. The number of nitrogens with zero attached hydrogens (tertiary/aromatic N) is 1. The molecule has 140 valence electrons. The van der Waals surface area contributed by atoms with Gasteiger partial charge >= 0.3 is 0 Å². The molecule has 0 spiro atoms. The minimum absolute atomic E-state index is 0.243. The summed E-state index contributed by atoms with van der Waals surface area (Å²) in [6, 6.07) is 6.35. The van der Waals surface area contributed by atoms with Crippen molar-refractivity contribution in [1.29, 1.82) is 0 Å². The molecule has 1 aromatic carbocycles. The molecule has 1 aromatic heterocycles. The molecule has 1 atom stereocenters. The van der Waals surface area contributed by atoms with Crippen LogP contribution in [0.1, 0.15) is 43.2 Å². The highest BCUT2D eigenvalue weighted by molar-refractivity contribution is 7.09. The summed E-state index contributed by atoms with van der Waals surface area (Å²) in [5, 5.41) is 8.41. The van der Waals surface area contributed by atoms with Gasteiger partial charge in [0.25, 0.3) is 5.91 Å². The number of amides is 2. The molecule has 0 aliphatic rings. The van der Waals surface area contributed by atoms with E-state index in [2.05, 4.69) is 15.6 Å². The predicted molar refractivity (Wildman–Crippen MR) is 103 cm³/mol. The van der Waals surface area contributed by atoms with Gasteiger partial charge in [0.1, 0.15) is 29.1 Å². The minimum Gasteiger partial charge on any atom is -0.486 e. The molecular formula is C18H22ClN3O3S. The van der Waals surface area contributed by atoms with E-state index in [0.29, 0.717) is 15.8 Å². The van der Waals surface area contributed by atoms with Crippen molar-refractivity contribution in [2.24, 2.45) is 0 Å². The maximum absolute atomic E-state index is 12.2. The van der Waals surface area contributed by atoms with E-state index in [1.807, 2.05) is 20.8 Å². The van der Waals surface area contributed by atoms with Crippen molar-refractivity contribution in [3.63, 3.8) is 0 Å². The standard InChI is InChI=1S/C18H22ClN3O3S/c1-11(16(23)22-18(2,3)4)20-17(24)14-10-26-15(21-14)9-25-13-7-5-12(19)6-8-13/h5-8,10-11H,9H2,1-4H3,(H,20,24)(H,22,23). The lowest BCUT2D eigenvalue weighted by molar-refractivity contribution is -0.124. The largest absolute Gasteiger partial charge is 0.486 e. The SMILES string of the molecule is CC(NC(=O)c1csc(COc2ccc(Cl)cc2)n1)C(=O)NC(C)(C)C. The number of rotatable bonds is 6. The Morgan fingerprint density at radius 3 is 2.54 bits per heavy atom. The van der Waals surface area contributed by atoms with E-state index in [1.54, 1.807) is 36.6 Å². The zero-order chi connectivity index (χ0) is 19.3. The molecule has 0 aliphatic carbocycles. The second kappa shape index (κ2) is 8.51. The van der Waals surface area contributed by atoms with Gasteiger partial charge in [-0.25, -0.2) is 4.98 Å². The van der Waals surface area contributed by atoms with Crippen LogP contribution in [0, 0.1) is 0 Å². The molecule has 0 radical (unpaired) electrons. The number of nitrogens with one attached hydrogen (secondary N) is 2. The average Bonchev–Trinajstić information content (AvgIpc) is 3.02. The van der Waals surface area contributed by atoms with E-state index in [0.717, 1.165) is 0 Å². The van der Waals surface area contributed by atoms with Gasteiger partial charge in [0.2, 0.25) is 5.91 Å². The van der Waals surface area contributed by atoms with E-state index < -0.39 is 11.9 Å². The highest BCUT2D eigenvalue weighted by atomic mass is 35.5. The lowest BCUT2D eigenvalue weighted by Crippen LogP contribution is -2.50. The fourth-order valence-electron chi connectivity index (χ4n) is 1.97. The molecule has 1 unspecified atom stereocenters. The normalized spacial score (nSPS) is 12.3. The van der Waals surface area contributed by atoms with Crippen LogP contribution in [-0.2, 0) is 11.4 Å². The van der Waals surface area contributed by atoms with Gasteiger partial charge in [-0.2, -0.15) is 0 Å². The first-order valence-electron chi connectivity index (χ1n) is 8.10. The molecule has 2 N–H and O–H groups in total. The molecule has 2 amide bonds. The number of halogens is 1. The summed E-state index contributed by atoms with van der Waals surface area (Å²) in [4.78, 5) is 28.5. The molecule has 0 aliphatic heterocycles. The molecule has 0 bridgehead atoms. The number of thiazole rings is 1. The van der Waals surface area contributed by atoms with Gasteiger partial charge in [0.15, 0.2) is 0 Å². The van der Waals surface area contributed by atoms with Crippen molar-refractivity contribution in [3.8, 4) is 5.75 Å². The molecule has 6 nitrogen and oxygen atoms in total. The summed E-state index contributed by atoms with van der Waals surface area (Å²) in [5.41, 5.74) is -0.0943. The van der Waals surface area contributed by atoms with Crippen LogP contribution < -0.4 is 15.4 Å². The second-order valence-corrected chi connectivity index (χ2v) is 8.18. The van der Waals surface area contributed by atoms with E-state index >= 15 is 0 Å². The molecule has 26 heavy (non-hydrogen) atoms. The van der Waals surface area contributed by atoms with Crippen LogP contribution in [0.25, 0.3) is 0 Å². The minimum atomic E-state index is -0.655. The third-order valence-electron chi connectivity index (χ3n) is 3.20. The van der Waals surface area contributed by atoms with Crippen molar-refractivity contribution in [1.82, 2.24) is 15.6 Å². The Labute approximate surface area is 161 Å². The van der Waals surface area contributed by atoms with Crippen LogP contribution in [0.4, 0.5) is 0 Å². The quantitative estimate of drug-likeness (QED) is 0.785. The summed E-state index contributed by atoms with van der Waals surface area (Å²) >= 11 is 7.15. The maximum atomic E-state index is 12.2. The first-order chi connectivity index (χ1) is 12.1. The summed E-state index contributed by atoms with van der Waals surface area (Å²) in [5.74, 6) is 0.0333. The Morgan fingerprint density at radius 2 is 1.92 bits per heavy atom. The number of ether oxygens (including phenoxy) is 1. The number of aromatic nitrogens is 1. The van der Waals surface area contributed by atoms with E-state index in [-0.39, 0.29) is 23.7 Å². The van der Waals surface area contributed by atoms with E-state index in [4.69, 9.17) is 16.3 Å². The Kier molecular flexibility index (Phi) is 6.61. The predicted octanol–water partition coefficient (Wildman–Crippen LogP) is 3.41. The molecule has 0 saturated carbocycles. The lowest BCUT2D eigenvalue weighted by Gasteiger charge is -2.23. The fraction of sp³-hybridized carbons (Fsp3) is 0.389. The Bertz CT molecular complexity index is 769. The maximum Gasteiger partial charge on any atom is 0.271 e. The first-order valence-corrected chi connectivity index (χ1v) is 9.35. The monoisotopic (exact) mass is 395 g/mol. The summed E-state index contributed by atoms with van der Waals surface area (Å²) in [7, 11) is 0. The number of hydrogen-bond acceptors (Lipinski definition) is 5. The van der Waals surface area contributed by atoms with Crippen LogP contribution >= 0.6 is 22.9 Å². The molecular weight excluding hydrogens is 374 g/mol. The molecule has 0 saturated heterocycles. The third kappa shape index (κ3) is 6.31. The van der Waals surface area contributed by atoms with Crippen molar-refractivity contribution in [2.45, 2.75) is 45.9 Å². The lowest BCUT2D eigenvalue weighted by atomic mass is 10.1. The van der Waals surface area contributed by atoms with Gasteiger partial charge in [0.05, 0.1) is 0 Å². The third-order valence-corrected chi connectivity index (χ3v) is 4.27. The zero-order valence-corrected chi connectivity index (χ0v) is 16.7. The van der Waals surface area contributed by atoms with Crippen molar-refractivity contribution in [2.75, 3.05) is 0 Å². The smallest absolute Gasteiger partial charge is 0.271 e. The number of carbonyl (C=O) groups excluding carboxylic acids is 2. The molecule has 1 heterocycles. The van der Waals surface area contributed by atoms with Gasteiger partial charge < -0.3 is 15.4 Å². The molecule has 2 rings (SSSR count). The second-order valence-electron chi connectivity index (χ2n) is 6.80. The van der Waals surface area contributed by atoms with Gasteiger partial charge in [-0.15, -0.1) is 11.3 Å². The molecule has 0 fully saturated rings. The van der Waals surface area contributed by atoms with Crippen molar-refractivity contribution < 1.29 is 14.3 Å². The summed E-state index contributed by atoms with van der Waals surface area (Å²) in [6.45, 7) is 7.53. The van der Waals surface area contributed by atoms with Gasteiger partial charge in [-0.1, -0.05) is 11.6 Å². The Hall–Kier alpha value is -2.12. The van der Waals surface area contributed by atoms with Crippen LogP contribution in [-0.4, -0.2) is 28.4 Å². The van der Waals surface area contributed by atoms with Crippen LogP contribution in [0.3, 0.4) is 0 Å². The number of benzene rings is 1.